The SMILES string of the molecule is CS(=O)(=O)c1cc(F)c(/C=C/CN)cc1F. The fourth-order valence-electron chi connectivity index (χ4n) is 1.15. The lowest BCUT2D eigenvalue weighted by atomic mass is 10.2. The van der Waals surface area contributed by atoms with Gasteiger partial charge in [-0.25, -0.2) is 17.2 Å². The van der Waals surface area contributed by atoms with Crippen LogP contribution in [0.25, 0.3) is 6.08 Å². The van der Waals surface area contributed by atoms with Crippen LogP contribution in [0.4, 0.5) is 8.78 Å². The molecule has 88 valence electrons. The van der Waals surface area contributed by atoms with Crippen LogP contribution in [0.3, 0.4) is 0 Å². The van der Waals surface area contributed by atoms with Gasteiger partial charge in [-0.1, -0.05) is 12.2 Å². The topological polar surface area (TPSA) is 60.2 Å². The molecule has 0 aliphatic rings. The summed E-state index contributed by atoms with van der Waals surface area (Å²) in [6.07, 6.45) is 3.56. The predicted octanol–water partition coefficient (Wildman–Crippen LogP) is 1.34. The van der Waals surface area contributed by atoms with Crippen LogP contribution in [-0.2, 0) is 9.84 Å². The molecule has 16 heavy (non-hydrogen) atoms. The van der Waals surface area contributed by atoms with Crippen LogP contribution in [-0.4, -0.2) is 21.2 Å². The van der Waals surface area contributed by atoms with E-state index in [0.717, 1.165) is 12.3 Å². The van der Waals surface area contributed by atoms with Crippen LogP contribution < -0.4 is 5.73 Å². The van der Waals surface area contributed by atoms with Gasteiger partial charge in [-0.2, -0.15) is 0 Å². The van der Waals surface area contributed by atoms with Crippen LogP contribution in [0.15, 0.2) is 23.1 Å². The Morgan fingerprint density at radius 1 is 1.31 bits per heavy atom. The van der Waals surface area contributed by atoms with Crippen molar-refractivity contribution < 1.29 is 17.2 Å². The van der Waals surface area contributed by atoms with Gasteiger partial charge in [0.15, 0.2) is 9.84 Å². The highest BCUT2D eigenvalue weighted by molar-refractivity contribution is 7.90. The third-order valence-electron chi connectivity index (χ3n) is 1.88. The summed E-state index contributed by atoms with van der Waals surface area (Å²) in [5.41, 5.74) is 5.13. The van der Waals surface area contributed by atoms with Gasteiger partial charge >= 0.3 is 0 Å². The molecular formula is C10H11F2NO2S. The Labute approximate surface area is 92.5 Å². The summed E-state index contributed by atoms with van der Waals surface area (Å²) in [5.74, 6) is -1.77. The van der Waals surface area contributed by atoms with E-state index in [1.54, 1.807) is 0 Å². The van der Waals surface area contributed by atoms with Crippen molar-refractivity contribution >= 4 is 15.9 Å². The number of nitrogens with two attached hydrogens (primary N) is 1. The second-order valence-electron chi connectivity index (χ2n) is 3.21. The van der Waals surface area contributed by atoms with Gasteiger partial charge in [0, 0.05) is 18.4 Å². The summed E-state index contributed by atoms with van der Waals surface area (Å²) < 4.78 is 48.9. The molecule has 0 saturated carbocycles. The average molecular weight is 247 g/mol. The van der Waals surface area contributed by atoms with Crippen LogP contribution in [0.5, 0.6) is 0 Å². The molecule has 0 aromatic heterocycles. The van der Waals surface area contributed by atoms with Crippen LogP contribution >= 0.6 is 0 Å². The lowest BCUT2D eigenvalue weighted by molar-refractivity contribution is 0.555. The van der Waals surface area contributed by atoms with Crippen molar-refractivity contribution in [3.05, 3.63) is 35.4 Å². The molecular weight excluding hydrogens is 236 g/mol. The maximum Gasteiger partial charge on any atom is 0.178 e. The van der Waals surface area contributed by atoms with E-state index in [4.69, 9.17) is 5.73 Å². The third kappa shape index (κ3) is 2.86. The molecule has 0 bridgehead atoms. The van der Waals surface area contributed by atoms with Gasteiger partial charge in [-0.3, -0.25) is 0 Å². The molecule has 0 atom stereocenters. The van der Waals surface area contributed by atoms with Gasteiger partial charge in [0.2, 0.25) is 0 Å². The summed E-state index contributed by atoms with van der Waals surface area (Å²) in [6, 6.07) is 1.50. The molecule has 0 aliphatic carbocycles. The maximum absolute atomic E-state index is 13.4. The van der Waals surface area contributed by atoms with Crippen molar-refractivity contribution in [2.24, 2.45) is 5.73 Å². The highest BCUT2D eigenvalue weighted by Crippen LogP contribution is 2.20. The smallest absolute Gasteiger partial charge is 0.178 e. The van der Waals surface area contributed by atoms with Crippen LogP contribution in [0.1, 0.15) is 5.56 Å². The molecule has 1 aromatic carbocycles. The van der Waals surface area contributed by atoms with Gasteiger partial charge in [-0.15, -0.1) is 0 Å². The minimum absolute atomic E-state index is 0.0321. The molecule has 2 N–H and O–H groups in total. The zero-order chi connectivity index (χ0) is 12.3. The molecule has 0 aliphatic heterocycles. The van der Waals surface area contributed by atoms with Crippen molar-refractivity contribution in [2.45, 2.75) is 4.90 Å². The zero-order valence-corrected chi connectivity index (χ0v) is 9.39. The molecule has 1 rings (SSSR count). The summed E-state index contributed by atoms with van der Waals surface area (Å²) >= 11 is 0. The van der Waals surface area contributed by atoms with Crippen molar-refractivity contribution in [1.82, 2.24) is 0 Å². The predicted molar refractivity (Wildman–Crippen MR) is 57.6 cm³/mol. The molecule has 0 radical (unpaired) electrons. The number of hydrogen-bond donors (Lipinski definition) is 1. The third-order valence-corrected chi connectivity index (χ3v) is 3.00. The normalized spacial score (nSPS) is 12.2. The monoisotopic (exact) mass is 247 g/mol. The van der Waals surface area contributed by atoms with Gasteiger partial charge in [0.05, 0.1) is 0 Å². The van der Waals surface area contributed by atoms with Gasteiger partial charge in [0.25, 0.3) is 0 Å². The number of rotatable bonds is 3. The van der Waals surface area contributed by atoms with E-state index >= 15 is 0 Å². The van der Waals surface area contributed by atoms with Gasteiger partial charge < -0.3 is 5.73 Å². The average Bonchev–Trinajstić information content (AvgIpc) is 2.17. The van der Waals surface area contributed by atoms with E-state index in [1.165, 1.54) is 12.2 Å². The molecule has 0 saturated heterocycles. The number of sulfone groups is 1. The quantitative estimate of drug-likeness (QED) is 0.876. The second kappa shape index (κ2) is 4.71. The van der Waals surface area contributed by atoms with E-state index in [9.17, 15) is 17.2 Å². The van der Waals surface area contributed by atoms with Gasteiger partial charge in [0.1, 0.15) is 16.5 Å². The minimum atomic E-state index is -3.76. The fraction of sp³-hybridized carbons (Fsp3) is 0.200. The van der Waals surface area contributed by atoms with Gasteiger partial charge in [-0.05, 0) is 12.1 Å². The lowest BCUT2D eigenvalue weighted by Crippen LogP contribution is -2.02. The van der Waals surface area contributed by atoms with E-state index in [1.807, 2.05) is 0 Å². The first-order chi connectivity index (χ1) is 7.36. The van der Waals surface area contributed by atoms with Crippen molar-refractivity contribution in [1.29, 1.82) is 0 Å². The zero-order valence-electron chi connectivity index (χ0n) is 8.57. The number of halogens is 2. The Morgan fingerprint density at radius 2 is 1.94 bits per heavy atom. The first-order valence-corrected chi connectivity index (χ1v) is 6.31. The number of benzene rings is 1. The summed E-state index contributed by atoms with van der Waals surface area (Å²) in [5, 5.41) is 0. The Kier molecular flexibility index (Phi) is 3.77. The second-order valence-corrected chi connectivity index (χ2v) is 5.20. The van der Waals surface area contributed by atoms with Crippen molar-refractivity contribution in [3.8, 4) is 0 Å². The first kappa shape index (κ1) is 12.8. The molecule has 6 heteroatoms. The molecule has 0 heterocycles. The standard InChI is InChI=1S/C10H11F2NO2S/c1-16(14,15)10-6-8(11)7(3-2-4-13)5-9(10)12/h2-3,5-6H,4,13H2,1H3/b3-2+. The fourth-order valence-corrected chi connectivity index (χ4v) is 1.88. The maximum atomic E-state index is 13.4. The molecule has 0 amide bonds. The largest absolute Gasteiger partial charge is 0.327 e. The van der Waals surface area contributed by atoms with Crippen molar-refractivity contribution in [3.63, 3.8) is 0 Å². The summed E-state index contributed by atoms with van der Waals surface area (Å²) in [4.78, 5) is -0.644. The van der Waals surface area contributed by atoms with Crippen LogP contribution in [0, 0.1) is 11.6 Å². The Hall–Kier alpha value is -1.27. The van der Waals surface area contributed by atoms with E-state index < -0.39 is 26.4 Å². The van der Waals surface area contributed by atoms with E-state index in [0.29, 0.717) is 6.07 Å². The van der Waals surface area contributed by atoms with Crippen LogP contribution in [0.2, 0.25) is 0 Å². The number of hydrogen-bond acceptors (Lipinski definition) is 3. The highest BCUT2D eigenvalue weighted by atomic mass is 32.2. The Balaban J connectivity index is 3.33. The molecule has 0 unspecified atom stereocenters. The van der Waals surface area contributed by atoms with E-state index in [-0.39, 0.29) is 12.1 Å². The Bertz CT molecular complexity index is 524. The highest BCUT2D eigenvalue weighted by Gasteiger charge is 2.16. The minimum Gasteiger partial charge on any atom is -0.327 e. The van der Waals surface area contributed by atoms with E-state index in [2.05, 4.69) is 0 Å². The lowest BCUT2D eigenvalue weighted by Gasteiger charge is -2.03. The molecule has 3 nitrogen and oxygen atoms in total. The van der Waals surface area contributed by atoms with Crippen molar-refractivity contribution in [2.75, 3.05) is 12.8 Å². The first-order valence-electron chi connectivity index (χ1n) is 4.42. The molecule has 1 aromatic rings. The summed E-state index contributed by atoms with van der Waals surface area (Å²) in [6.45, 7) is 0.189. The Morgan fingerprint density at radius 3 is 2.44 bits per heavy atom. The summed E-state index contributed by atoms with van der Waals surface area (Å²) in [7, 11) is -3.76. The molecule has 0 spiro atoms. The molecule has 0 fully saturated rings.